The number of carbonyl (C=O) groups is 2. The lowest BCUT2D eigenvalue weighted by Gasteiger charge is -2.36. The predicted molar refractivity (Wildman–Crippen MR) is 86.2 cm³/mol. The Balaban J connectivity index is 1.81. The maximum atomic E-state index is 12.9. The molecule has 3 aliphatic rings. The van der Waals surface area contributed by atoms with Crippen LogP contribution in [0.1, 0.15) is 17.3 Å². The lowest BCUT2D eigenvalue weighted by Crippen LogP contribution is -2.46. The van der Waals surface area contributed by atoms with E-state index in [1.54, 1.807) is 11.8 Å². The Labute approximate surface area is 147 Å². The fraction of sp³-hybridized carbons (Fsp3) is 0.294. The van der Waals surface area contributed by atoms with Gasteiger partial charge in [-0.1, -0.05) is 0 Å². The first kappa shape index (κ1) is 16.1. The lowest BCUT2D eigenvalue weighted by molar-refractivity contribution is -0.384. The zero-order valence-electron chi connectivity index (χ0n) is 13.8. The summed E-state index contributed by atoms with van der Waals surface area (Å²) in [4.78, 5) is 37.3. The molecule has 134 valence electrons. The monoisotopic (exact) mass is 358 g/mol. The first-order valence-corrected chi connectivity index (χ1v) is 8.03. The molecule has 3 aliphatic heterocycles. The Hall–Kier alpha value is -3.36. The molecule has 9 nitrogen and oxygen atoms in total. The molecular formula is C17H14N2O7. The van der Waals surface area contributed by atoms with E-state index in [9.17, 15) is 19.7 Å². The van der Waals surface area contributed by atoms with Crippen molar-refractivity contribution in [2.45, 2.75) is 13.2 Å². The second-order valence-electron chi connectivity index (χ2n) is 5.82. The standard InChI is InChI=1S/C17H14N2O7/c1-2-24-17(21)12-8-11-14(20)10-7-9(19(22)23)3-4-13(10)26-16(11)18-5-6-25-15(12)18/h3-4,7-8,16H,2,5-6H2,1H3. The summed E-state index contributed by atoms with van der Waals surface area (Å²) in [5.74, 6) is -0.449. The number of esters is 1. The van der Waals surface area contributed by atoms with Crippen molar-refractivity contribution >= 4 is 17.4 Å². The summed E-state index contributed by atoms with van der Waals surface area (Å²) in [6.07, 6.45) is 0.649. The smallest absolute Gasteiger partial charge is 0.343 e. The van der Waals surface area contributed by atoms with Crippen molar-refractivity contribution in [2.75, 3.05) is 19.8 Å². The molecule has 0 amide bonds. The average Bonchev–Trinajstić information content (AvgIpc) is 3.11. The Morgan fingerprint density at radius 1 is 1.46 bits per heavy atom. The van der Waals surface area contributed by atoms with Crippen molar-refractivity contribution in [2.24, 2.45) is 0 Å². The number of ether oxygens (including phenoxy) is 3. The highest BCUT2D eigenvalue weighted by Crippen LogP contribution is 2.40. The van der Waals surface area contributed by atoms with Crippen molar-refractivity contribution in [3.8, 4) is 5.75 Å². The van der Waals surface area contributed by atoms with Gasteiger partial charge in [0.05, 0.1) is 29.2 Å². The van der Waals surface area contributed by atoms with Gasteiger partial charge < -0.3 is 14.2 Å². The molecule has 1 saturated heterocycles. The van der Waals surface area contributed by atoms with Crippen LogP contribution >= 0.6 is 0 Å². The highest BCUT2D eigenvalue weighted by Gasteiger charge is 2.44. The molecule has 26 heavy (non-hydrogen) atoms. The third-order valence-corrected chi connectivity index (χ3v) is 4.33. The fourth-order valence-corrected chi connectivity index (χ4v) is 3.19. The van der Waals surface area contributed by atoms with E-state index in [1.165, 1.54) is 24.3 Å². The molecule has 0 spiro atoms. The molecule has 0 saturated carbocycles. The van der Waals surface area contributed by atoms with Crippen molar-refractivity contribution in [3.05, 3.63) is 57.0 Å². The molecule has 1 aromatic carbocycles. The molecule has 1 fully saturated rings. The molecule has 1 aromatic rings. The Morgan fingerprint density at radius 3 is 3.00 bits per heavy atom. The highest BCUT2D eigenvalue weighted by atomic mass is 16.6. The molecule has 1 unspecified atom stereocenters. The predicted octanol–water partition coefficient (Wildman–Crippen LogP) is 1.54. The van der Waals surface area contributed by atoms with Crippen LogP contribution in [0.15, 0.2) is 41.3 Å². The van der Waals surface area contributed by atoms with Crippen LogP contribution in [0.2, 0.25) is 0 Å². The van der Waals surface area contributed by atoms with Crippen molar-refractivity contribution in [3.63, 3.8) is 0 Å². The van der Waals surface area contributed by atoms with E-state index >= 15 is 0 Å². The van der Waals surface area contributed by atoms with Crippen LogP contribution < -0.4 is 4.74 Å². The first-order chi connectivity index (χ1) is 12.5. The summed E-state index contributed by atoms with van der Waals surface area (Å²) in [6, 6.07) is 3.87. The van der Waals surface area contributed by atoms with Crippen LogP contribution in [0.3, 0.4) is 0 Å². The number of hydrogen-bond acceptors (Lipinski definition) is 8. The van der Waals surface area contributed by atoms with E-state index in [-0.39, 0.29) is 34.8 Å². The summed E-state index contributed by atoms with van der Waals surface area (Å²) >= 11 is 0. The number of ketones is 1. The van der Waals surface area contributed by atoms with E-state index in [2.05, 4.69) is 0 Å². The molecule has 9 heteroatoms. The Morgan fingerprint density at radius 2 is 2.27 bits per heavy atom. The minimum Gasteiger partial charge on any atom is -0.476 e. The van der Waals surface area contributed by atoms with Crippen LogP contribution in [0, 0.1) is 10.1 Å². The van der Waals surface area contributed by atoms with Crippen LogP contribution in [0.4, 0.5) is 5.69 Å². The SMILES string of the molecule is CCOC(=O)C1=C2OCCN2C2Oc3ccc([N+](=O)[O-])cc3C(=O)C2=C1. The third kappa shape index (κ3) is 2.32. The van der Waals surface area contributed by atoms with Gasteiger partial charge in [-0.05, 0) is 19.1 Å². The minimum absolute atomic E-state index is 0.0912. The molecule has 0 aromatic heterocycles. The maximum Gasteiger partial charge on any atom is 0.343 e. The van der Waals surface area contributed by atoms with Gasteiger partial charge in [0.2, 0.25) is 12.1 Å². The highest BCUT2D eigenvalue weighted by molar-refractivity contribution is 6.14. The van der Waals surface area contributed by atoms with Gasteiger partial charge in [0.1, 0.15) is 17.9 Å². The topological polar surface area (TPSA) is 108 Å². The summed E-state index contributed by atoms with van der Waals surface area (Å²) in [7, 11) is 0. The zero-order valence-corrected chi connectivity index (χ0v) is 13.8. The fourth-order valence-electron chi connectivity index (χ4n) is 3.19. The maximum absolute atomic E-state index is 12.9. The van der Waals surface area contributed by atoms with E-state index < -0.39 is 22.9 Å². The zero-order chi connectivity index (χ0) is 18.4. The summed E-state index contributed by atoms with van der Waals surface area (Å²) in [6.45, 7) is 2.65. The van der Waals surface area contributed by atoms with Crippen molar-refractivity contribution < 1.29 is 28.7 Å². The van der Waals surface area contributed by atoms with E-state index in [1.807, 2.05) is 0 Å². The van der Waals surface area contributed by atoms with Crippen molar-refractivity contribution in [1.29, 1.82) is 0 Å². The van der Waals surface area contributed by atoms with Gasteiger partial charge in [0.25, 0.3) is 5.69 Å². The van der Waals surface area contributed by atoms with Gasteiger partial charge in [-0.25, -0.2) is 4.79 Å². The molecule has 0 radical (unpaired) electrons. The average molecular weight is 358 g/mol. The van der Waals surface area contributed by atoms with Crippen LogP contribution in [-0.2, 0) is 14.3 Å². The minimum atomic E-state index is -0.743. The van der Waals surface area contributed by atoms with Gasteiger partial charge in [0, 0.05) is 12.1 Å². The van der Waals surface area contributed by atoms with Crippen molar-refractivity contribution in [1.82, 2.24) is 4.90 Å². The number of nitrogens with zero attached hydrogens (tertiary/aromatic N) is 2. The quantitative estimate of drug-likeness (QED) is 0.455. The number of nitro benzene ring substituents is 1. The van der Waals surface area contributed by atoms with Crippen LogP contribution in [-0.4, -0.2) is 47.6 Å². The number of hydrogen-bond donors (Lipinski definition) is 0. The number of non-ortho nitro benzene ring substituents is 1. The third-order valence-electron chi connectivity index (χ3n) is 4.33. The van der Waals surface area contributed by atoms with Crippen LogP contribution in [0.5, 0.6) is 5.75 Å². The number of fused-ring (bicyclic) bond motifs is 4. The van der Waals surface area contributed by atoms with E-state index in [4.69, 9.17) is 14.2 Å². The summed E-state index contributed by atoms with van der Waals surface area (Å²) in [5.41, 5.74) is 0.243. The largest absolute Gasteiger partial charge is 0.476 e. The van der Waals surface area contributed by atoms with Gasteiger partial charge in [0.15, 0.2) is 5.78 Å². The molecule has 0 bridgehead atoms. The molecule has 3 heterocycles. The molecular weight excluding hydrogens is 344 g/mol. The Kier molecular flexibility index (Phi) is 3.64. The summed E-state index contributed by atoms with van der Waals surface area (Å²) in [5, 5.41) is 11.0. The Bertz CT molecular complexity index is 902. The molecule has 0 aliphatic carbocycles. The van der Waals surface area contributed by atoms with E-state index in [0.717, 1.165) is 0 Å². The second kappa shape index (κ2) is 5.87. The molecule has 4 rings (SSSR count). The lowest BCUT2D eigenvalue weighted by atomic mass is 9.93. The normalized spacial score (nSPS) is 20.3. The first-order valence-electron chi connectivity index (χ1n) is 8.03. The van der Waals surface area contributed by atoms with Gasteiger partial charge in [-0.15, -0.1) is 0 Å². The van der Waals surface area contributed by atoms with Gasteiger partial charge in [-0.3, -0.25) is 19.8 Å². The number of carbonyl (C=O) groups excluding carboxylic acids is 2. The number of Topliss-reactive ketones (excluding diaryl/α,β-unsaturated/α-hetero) is 1. The number of rotatable bonds is 3. The summed E-state index contributed by atoms with van der Waals surface area (Å²) < 4.78 is 16.5. The number of benzene rings is 1. The van der Waals surface area contributed by atoms with E-state index in [0.29, 0.717) is 19.0 Å². The number of nitro groups is 1. The molecule has 1 atom stereocenters. The van der Waals surface area contributed by atoms with Gasteiger partial charge in [-0.2, -0.15) is 0 Å². The van der Waals surface area contributed by atoms with Crippen LogP contribution in [0.25, 0.3) is 0 Å². The second-order valence-corrected chi connectivity index (χ2v) is 5.82. The molecule has 0 N–H and O–H groups in total. The van der Waals surface area contributed by atoms with Gasteiger partial charge >= 0.3 is 5.97 Å².